The Kier molecular flexibility index (Phi) is 7.43. The molecular formula is C32H44N2O6Si. The van der Waals surface area contributed by atoms with E-state index in [1.54, 1.807) is 6.07 Å². The average Bonchev–Trinajstić information content (AvgIpc) is 3.50. The maximum Gasteiger partial charge on any atom is 0.411 e. The van der Waals surface area contributed by atoms with Gasteiger partial charge in [0.25, 0.3) is 0 Å². The molecule has 8 nitrogen and oxygen atoms in total. The first-order valence-electron chi connectivity index (χ1n) is 14.5. The standard InChI is InChI=1S/C32H44N2O6Si/c1-31(2,3)39-30(36)34-24-18-33-17-22(28(27(24)34)40-41(8,9)32(4,5)6)26-23(33)15-21(29(35)37-7)16-25(26)38-19-20-13-11-10-12-14-20/h10-16,22,24,27-28H,17-19H2,1-9H3/t22?,24-,27-,28-,34?/m0/s1. The highest BCUT2D eigenvalue weighted by Gasteiger charge is 2.64. The minimum Gasteiger partial charge on any atom is -0.489 e. The highest BCUT2D eigenvalue weighted by molar-refractivity contribution is 6.74. The molecule has 2 aromatic rings. The Labute approximate surface area is 245 Å². The lowest BCUT2D eigenvalue weighted by Gasteiger charge is -2.41. The molecule has 1 amide bonds. The Bertz CT molecular complexity index is 1320. The van der Waals surface area contributed by atoms with Gasteiger partial charge in [0.05, 0.1) is 30.9 Å². The third-order valence-corrected chi connectivity index (χ3v) is 13.3. The van der Waals surface area contributed by atoms with Crippen molar-refractivity contribution in [2.75, 3.05) is 25.1 Å². The summed E-state index contributed by atoms with van der Waals surface area (Å²) in [6.07, 6.45) is -0.540. The molecule has 2 fully saturated rings. The number of fused-ring (bicyclic) bond motifs is 6. The van der Waals surface area contributed by atoms with E-state index in [1.807, 2.05) is 62.1 Å². The van der Waals surface area contributed by atoms with Gasteiger partial charge in [0.15, 0.2) is 8.32 Å². The summed E-state index contributed by atoms with van der Waals surface area (Å²) in [7, 11) is -0.848. The number of hydrogen-bond acceptors (Lipinski definition) is 7. The molecular weight excluding hydrogens is 536 g/mol. The summed E-state index contributed by atoms with van der Waals surface area (Å²) in [6.45, 7) is 18.6. The number of carbonyl (C=O) groups is 2. The number of hydrogen-bond donors (Lipinski definition) is 0. The van der Waals surface area contributed by atoms with Gasteiger partial charge >= 0.3 is 12.1 Å². The zero-order valence-electron chi connectivity index (χ0n) is 25.8. The highest BCUT2D eigenvalue weighted by Crippen LogP contribution is 2.54. The van der Waals surface area contributed by atoms with Crippen molar-refractivity contribution in [1.82, 2.24) is 4.90 Å². The van der Waals surface area contributed by atoms with E-state index in [-0.39, 0.29) is 35.2 Å². The van der Waals surface area contributed by atoms with Gasteiger partial charge in [-0.15, -0.1) is 0 Å². The van der Waals surface area contributed by atoms with Crippen molar-refractivity contribution in [3.63, 3.8) is 0 Å². The lowest BCUT2D eigenvalue weighted by molar-refractivity contribution is 0.0348. The molecule has 0 saturated carbocycles. The van der Waals surface area contributed by atoms with Crippen molar-refractivity contribution >= 4 is 26.1 Å². The minimum absolute atomic E-state index is 0.0110. The van der Waals surface area contributed by atoms with Gasteiger partial charge in [-0.05, 0) is 56.6 Å². The van der Waals surface area contributed by atoms with E-state index in [1.165, 1.54) is 7.11 Å². The zero-order chi connectivity index (χ0) is 29.9. The SMILES string of the molecule is COC(=O)c1cc(OCc2ccccc2)c2c(c1)N1CC2[C@H](O[Si](C)(C)C(C)(C)C)[C@@H]2[C@H](C1)N2C(=O)OC(C)(C)C. The molecule has 9 heteroatoms. The van der Waals surface area contributed by atoms with Crippen LogP contribution in [0.25, 0.3) is 0 Å². The van der Waals surface area contributed by atoms with Crippen LogP contribution in [0.1, 0.15) is 68.9 Å². The summed E-state index contributed by atoms with van der Waals surface area (Å²) in [5.74, 6) is 0.205. The van der Waals surface area contributed by atoms with Crippen LogP contribution < -0.4 is 9.64 Å². The fraction of sp³-hybridized carbons (Fsp3) is 0.562. The summed E-state index contributed by atoms with van der Waals surface area (Å²) in [4.78, 5) is 30.2. The van der Waals surface area contributed by atoms with Crippen LogP contribution in [0.4, 0.5) is 10.5 Å². The number of amides is 1. The molecule has 3 heterocycles. The van der Waals surface area contributed by atoms with Crippen LogP contribution >= 0.6 is 0 Å². The smallest absolute Gasteiger partial charge is 0.411 e. The molecule has 4 atom stereocenters. The van der Waals surface area contributed by atoms with E-state index in [0.29, 0.717) is 24.5 Å². The van der Waals surface area contributed by atoms with Crippen molar-refractivity contribution < 1.29 is 28.2 Å². The third-order valence-electron chi connectivity index (χ3n) is 8.87. The number of anilines is 1. The van der Waals surface area contributed by atoms with Crippen LogP contribution in [0.15, 0.2) is 42.5 Å². The largest absolute Gasteiger partial charge is 0.489 e. The maximum atomic E-state index is 13.4. The van der Waals surface area contributed by atoms with Gasteiger partial charge in [0.1, 0.15) is 18.0 Å². The fourth-order valence-electron chi connectivity index (χ4n) is 5.78. The molecule has 0 N–H and O–H groups in total. The van der Waals surface area contributed by atoms with Gasteiger partial charge in [0.2, 0.25) is 0 Å². The Balaban J connectivity index is 1.58. The first kappa shape index (κ1) is 29.4. The van der Waals surface area contributed by atoms with Crippen LogP contribution in [0.3, 0.4) is 0 Å². The predicted molar refractivity (Wildman–Crippen MR) is 161 cm³/mol. The Morgan fingerprint density at radius 2 is 1.68 bits per heavy atom. The van der Waals surface area contributed by atoms with Gasteiger partial charge in [-0.1, -0.05) is 51.1 Å². The van der Waals surface area contributed by atoms with Gasteiger partial charge in [-0.25, -0.2) is 9.59 Å². The van der Waals surface area contributed by atoms with E-state index < -0.39 is 19.9 Å². The van der Waals surface area contributed by atoms with Gasteiger partial charge in [-0.2, -0.15) is 0 Å². The quantitative estimate of drug-likeness (QED) is 0.224. The van der Waals surface area contributed by atoms with Gasteiger partial charge < -0.3 is 23.5 Å². The molecule has 2 bridgehead atoms. The molecule has 0 spiro atoms. The van der Waals surface area contributed by atoms with Crippen LogP contribution in [0, 0.1) is 0 Å². The van der Waals surface area contributed by atoms with Crippen molar-refractivity contribution in [2.45, 2.75) is 96.0 Å². The van der Waals surface area contributed by atoms with E-state index in [0.717, 1.165) is 23.4 Å². The predicted octanol–water partition coefficient (Wildman–Crippen LogP) is 6.35. The van der Waals surface area contributed by atoms with Crippen LogP contribution in [-0.2, 0) is 20.5 Å². The van der Waals surface area contributed by atoms with Crippen molar-refractivity contribution in [2.24, 2.45) is 0 Å². The lowest BCUT2D eigenvalue weighted by Crippen LogP contribution is -2.48. The van der Waals surface area contributed by atoms with Gasteiger partial charge in [-0.3, -0.25) is 4.90 Å². The molecule has 5 rings (SSSR count). The topological polar surface area (TPSA) is 77.3 Å². The molecule has 2 saturated heterocycles. The molecule has 3 aliphatic heterocycles. The maximum absolute atomic E-state index is 13.4. The highest BCUT2D eigenvalue weighted by atomic mass is 28.4. The first-order valence-corrected chi connectivity index (χ1v) is 17.4. The van der Waals surface area contributed by atoms with E-state index in [4.69, 9.17) is 18.6 Å². The van der Waals surface area contributed by atoms with E-state index in [9.17, 15) is 9.59 Å². The second-order valence-corrected chi connectivity index (χ2v) is 18.7. The molecule has 0 radical (unpaired) electrons. The zero-order valence-corrected chi connectivity index (χ0v) is 26.8. The van der Waals surface area contributed by atoms with Crippen LogP contribution in [0.2, 0.25) is 18.1 Å². The van der Waals surface area contributed by atoms with E-state index in [2.05, 4.69) is 38.8 Å². The second-order valence-electron chi connectivity index (χ2n) is 14.0. The van der Waals surface area contributed by atoms with Crippen LogP contribution in [0.5, 0.6) is 5.75 Å². The lowest BCUT2D eigenvalue weighted by atomic mass is 9.90. The summed E-state index contributed by atoms with van der Waals surface area (Å²) >= 11 is 0. The summed E-state index contributed by atoms with van der Waals surface area (Å²) in [5, 5.41) is -0.0110. The number of esters is 1. The summed E-state index contributed by atoms with van der Waals surface area (Å²) < 4.78 is 24.6. The normalized spacial score (nSPS) is 23.3. The van der Waals surface area contributed by atoms with Gasteiger partial charge in [0, 0.05) is 30.3 Å². The van der Waals surface area contributed by atoms with Crippen molar-refractivity contribution in [3.8, 4) is 5.75 Å². The number of carbonyl (C=O) groups excluding carboxylic acids is 2. The van der Waals surface area contributed by atoms with Crippen LogP contribution in [-0.4, -0.2) is 69.3 Å². The monoisotopic (exact) mass is 580 g/mol. The number of rotatable bonds is 6. The number of ether oxygens (including phenoxy) is 3. The van der Waals surface area contributed by atoms with Crippen molar-refractivity contribution in [1.29, 1.82) is 0 Å². The molecule has 1 unspecified atom stereocenters. The summed E-state index contributed by atoms with van der Waals surface area (Å²) in [5.41, 5.74) is 2.87. The Morgan fingerprint density at radius 3 is 2.29 bits per heavy atom. The fourth-order valence-corrected chi connectivity index (χ4v) is 7.12. The third kappa shape index (κ3) is 5.71. The Hall–Kier alpha value is -3.04. The Morgan fingerprint density at radius 1 is 1.00 bits per heavy atom. The van der Waals surface area contributed by atoms with Crippen molar-refractivity contribution in [3.05, 3.63) is 59.2 Å². The molecule has 41 heavy (non-hydrogen) atoms. The number of methoxy groups -OCH3 is 1. The second kappa shape index (κ2) is 10.3. The molecule has 3 aliphatic rings. The van der Waals surface area contributed by atoms with E-state index >= 15 is 0 Å². The minimum atomic E-state index is -2.24. The molecule has 0 aromatic heterocycles. The molecule has 0 aliphatic carbocycles. The molecule has 222 valence electrons. The number of nitrogens with zero attached hydrogens (tertiary/aromatic N) is 2. The average molecular weight is 581 g/mol. The molecule has 2 aromatic carbocycles. The first-order chi connectivity index (χ1) is 19.1. The summed E-state index contributed by atoms with van der Waals surface area (Å²) in [6, 6.07) is 13.6. The number of benzene rings is 2.